The van der Waals surface area contributed by atoms with E-state index < -0.39 is 17.7 Å². The van der Waals surface area contributed by atoms with Gasteiger partial charge in [0.1, 0.15) is 5.75 Å². The van der Waals surface area contributed by atoms with Crippen LogP contribution in [-0.2, 0) is 9.59 Å². The van der Waals surface area contributed by atoms with Crippen LogP contribution in [0.1, 0.15) is 44.7 Å². The number of ether oxygens (including phenoxy) is 1. The number of ketones is 1. The van der Waals surface area contributed by atoms with E-state index in [2.05, 4.69) is 4.90 Å². The number of aliphatic hydroxyl groups is 1. The Hall–Kier alpha value is -2.34. The number of hydrogen-bond acceptors (Lipinski definition) is 5. The predicted molar refractivity (Wildman–Crippen MR) is 107 cm³/mol. The molecule has 1 unspecified atom stereocenters. The minimum absolute atomic E-state index is 0.183. The first-order valence-electron chi connectivity index (χ1n) is 10.1. The summed E-state index contributed by atoms with van der Waals surface area (Å²) in [5, 5.41) is 10.6. The Morgan fingerprint density at radius 1 is 1.18 bits per heavy atom. The topological polar surface area (TPSA) is 70.1 Å². The van der Waals surface area contributed by atoms with Gasteiger partial charge in [0.25, 0.3) is 5.91 Å². The molecule has 2 aliphatic rings. The van der Waals surface area contributed by atoms with E-state index >= 15 is 0 Å². The van der Waals surface area contributed by atoms with Crippen LogP contribution in [0.15, 0.2) is 35.6 Å². The lowest BCUT2D eigenvalue weighted by atomic mass is 9.91. The van der Waals surface area contributed by atoms with Crippen LogP contribution in [0.25, 0.3) is 0 Å². The lowest BCUT2D eigenvalue weighted by molar-refractivity contribution is -0.129. The molecule has 0 spiro atoms. The third kappa shape index (κ3) is 3.92. The SMILES string of the molecule is COc1ccccc1C1C(C(=O)C(C)C)=C(O)C(=O)N1CCN1CCCCC1. The Kier molecular flexibility index (Phi) is 6.39. The lowest BCUT2D eigenvalue weighted by Crippen LogP contribution is -2.40. The van der Waals surface area contributed by atoms with Crippen LogP contribution in [0.3, 0.4) is 0 Å². The van der Waals surface area contributed by atoms with Gasteiger partial charge in [-0.1, -0.05) is 38.5 Å². The van der Waals surface area contributed by atoms with E-state index in [4.69, 9.17) is 4.74 Å². The van der Waals surface area contributed by atoms with E-state index in [1.54, 1.807) is 25.9 Å². The van der Waals surface area contributed by atoms with Crippen molar-refractivity contribution in [3.63, 3.8) is 0 Å². The van der Waals surface area contributed by atoms with Crippen molar-refractivity contribution in [3.8, 4) is 5.75 Å². The van der Waals surface area contributed by atoms with Gasteiger partial charge in [-0.15, -0.1) is 0 Å². The zero-order valence-electron chi connectivity index (χ0n) is 17.0. The maximum absolute atomic E-state index is 12.9. The first-order valence-corrected chi connectivity index (χ1v) is 10.1. The number of methoxy groups -OCH3 is 1. The fourth-order valence-corrected chi connectivity index (χ4v) is 4.09. The van der Waals surface area contributed by atoms with E-state index in [0.717, 1.165) is 25.2 Å². The molecule has 0 aliphatic carbocycles. The fraction of sp³-hybridized carbons (Fsp3) is 0.545. The number of benzene rings is 1. The van der Waals surface area contributed by atoms with Crippen LogP contribution in [0.4, 0.5) is 0 Å². The van der Waals surface area contributed by atoms with Crippen molar-refractivity contribution in [2.45, 2.75) is 39.2 Å². The average Bonchev–Trinajstić information content (AvgIpc) is 2.96. The van der Waals surface area contributed by atoms with Gasteiger partial charge >= 0.3 is 0 Å². The molecule has 1 saturated heterocycles. The predicted octanol–water partition coefficient (Wildman–Crippen LogP) is 3.10. The van der Waals surface area contributed by atoms with E-state index in [9.17, 15) is 14.7 Å². The zero-order chi connectivity index (χ0) is 20.3. The largest absolute Gasteiger partial charge is 0.503 e. The summed E-state index contributed by atoms with van der Waals surface area (Å²) < 4.78 is 5.50. The molecule has 0 aromatic heterocycles. The summed E-state index contributed by atoms with van der Waals surface area (Å²) >= 11 is 0. The summed E-state index contributed by atoms with van der Waals surface area (Å²) in [6, 6.07) is 6.76. The van der Waals surface area contributed by atoms with Crippen molar-refractivity contribution >= 4 is 11.7 Å². The number of likely N-dealkylation sites (tertiary alicyclic amines) is 1. The Morgan fingerprint density at radius 2 is 1.86 bits per heavy atom. The molecular weight excluding hydrogens is 356 g/mol. The molecule has 1 atom stereocenters. The van der Waals surface area contributed by atoms with Crippen LogP contribution in [0.2, 0.25) is 0 Å². The molecule has 28 heavy (non-hydrogen) atoms. The van der Waals surface area contributed by atoms with Crippen molar-refractivity contribution < 1.29 is 19.4 Å². The highest BCUT2D eigenvalue weighted by molar-refractivity contribution is 6.09. The van der Waals surface area contributed by atoms with Gasteiger partial charge in [0.05, 0.1) is 18.7 Å². The van der Waals surface area contributed by atoms with Gasteiger partial charge in [0.15, 0.2) is 11.5 Å². The Bertz CT molecular complexity index is 766. The highest BCUT2D eigenvalue weighted by Gasteiger charge is 2.44. The first kappa shape index (κ1) is 20.4. The number of nitrogens with zero attached hydrogens (tertiary/aromatic N) is 2. The molecule has 0 saturated carbocycles. The number of carbonyl (C=O) groups is 2. The fourth-order valence-electron chi connectivity index (χ4n) is 4.09. The maximum atomic E-state index is 12.9. The Balaban J connectivity index is 1.95. The van der Waals surface area contributed by atoms with Gasteiger partial charge in [-0.25, -0.2) is 0 Å². The van der Waals surface area contributed by atoms with Gasteiger partial charge in [-0.2, -0.15) is 0 Å². The molecule has 1 fully saturated rings. The summed E-state index contributed by atoms with van der Waals surface area (Å²) in [4.78, 5) is 29.8. The zero-order valence-corrected chi connectivity index (χ0v) is 17.0. The van der Waals surface area contributed by atoms with Crippen molar-refractivity contribution in [1.82, 2.24) is 9.80 Å². The molecule has 152 valence electrons. The summed E-state index contributed by atoms with van der Waals surface area (Å²) in [6.07, 6.45) is 3.59. The number of para-hydroxylation sites is 1. The first-order chi connectivity index (χ1) is 13.5. The molecule has 1 N–H and O–H groups in total. The number of aliphatic hydroxyl groups excluding tert-OH is 1. The molecular formula is C22H30N2O4. The summed E-state index contributed by atoms with van der Waals surface area (Å²) in [6.45, 7) is 6.80. The molecule has 2 heterocycles. The molecule has 0 radical (unpaired) electrons. The molecule has 2 aliphatic heterocycles. The number of hydrogen-bond donors (Lipinski definition) is 1. The second-order valence-corrected chi connectivity index (χ2v) is 7.83. The van der Waals surface area contributed by atoms with E-state index in [1.807, 2.05) is 24.3 Å². The van der Waals surface area contributed by atoms with Crippen LogP contribution in [0.5, 0.6) is 5.75 Å². The Morgan fingerprint density at radius 3 is 2.50 bits per heavy atom. The van der Waals surface area contributed by atoms with Crippen molar-refractivity contribution in [3.05, 3.63) is 41.2 Å². The highest BCUT2D eigenvalue weighted by Crippen LogP contribution is 2.42. The van der Waals surface area contributed by atoms with E-state index in [0.29, 0.717) is 12.3 Å². The van der Waals surface area contributed by atoms with Gasteiger partial charge in [-0.05, 0) is 32.0 Å². The highest BCUT2D eigenvalue weighted by atomic mass is 16.5. The molecule has 6 nitrogen and oxygen atoms in total. The lowest BCUT2D eigenvalue weighted by Gasteiger charge is -2.32. The van der Waals surface area contributed by atoms with Crippen molar-refractivity contribution in [1.29, 1.82) is 0 Å². The third-order valence-corrected chi connectivity index (χ3v) is 5.63. The van der Waals surface area contributed by atoms with Crippen molar-refractivity contribution in [2.75, 3.05) is 33.3 Å². The number of piperidine rings is 1. The maximum Gasteiger partial charge on any atom is 0.290 e. The Labute approximate surface area is 166 Å². The summed E-state index contributed by atoms with van der Waals surface area (Å²) in [5.74, 6) is -0.816. The minimum Gasteiger partial charge on any atom is -0.503 e. The normalized spacial score (nSPS) is 20.9. The van der Waals surface area contributed by atoms with Gasteiger partial charge in [0.2, 0.25) is 0 Å². The monoisotopic (exact) mass is 386 g/mol. The van der Waals surface area contributed by atoms with E-state index in [1.165, 1.54) is 19.3 Å². The van der Waals surface area contributed by atoms with Gasteiger partial charge in [-0.3, -0.25) is 9.59 Å². The number of amides is 1. The standard InChI is InChI=1S/C22H30N2O4/c1-15(2)20(25)18-19(16-9-5-6-10-17(16)28-3)24(22(27)21(18)26)14-13-23-11-7-4-8-12-23/h5-6,9-10,15,19,26H,4,7-8,11-14H2,1-3H3. The van der Waals surface area contributed by atoms with E-state index in [-0.39, 0.29) is 17.3 Å². The second kappa shape index (κ2) is 8.78. The van der Waals surface area contributed by atoms with Crippen LogP contribution in [0, 0.1) is 5.92 Å². The molecule has 3 rings (SSSR count). The van der Waals surface area contributed by atoms with Gasteiger partial charge < -0.3 is 19.6 Å². The minimum atomic E-state index is -0.622. The number of Topliss-reactive ketones (excluding diaryl/α,β-unsaturated/α-hetero) is 1. The molecule has 1 aromatic carbocycles. The number of carbonyl (C=O) groups excluding carboxylic acids is 2. The van der Waals surface area contributed by atoms with Crippen LogP contribution >= 0.6 is 0 Å². The summed E-state index contributed by atoms with van der Waals surface area (Å²) in [5.41, 5.74) is 0.910. The number of rotatable bonds is 7. The molecule has 1 aromatic rings. The van der Waals surface area contributed by atoms with Crippen LogP contribution < -0.4 is 4.74 Å². The third-order valence-electron chi connectivity index (χ3n) is 5.63. The quantitative estimate of drug-likeness (QED) is 0.780. The second-order valence-electron chi connectivity index (χ2n) is 7.83. The average molecular weight is 386 g/mol. The van der Waals surface area contributed by atoms with Gasteiger partial charge in [0, 0.05) is 24.6 Å². The molecule has 0 bridgehead atoms. The molecule has 1 amide bonds. The van der Waals surface area contributed by atoms with Crippen LogP contribution in [-0.4, -0.2) is 59.9 Å². The van der Waals surface area contributed by atoms with Crippen molar-refractivity contribution in [2.24, 2.45) is 5.92 Å². The molecule has 6 heteroatoms. The summed E-state index contributed by atoms with van der Waals surface area (Å²) in [7, 11) is 1.57. The smallest absolute Gasteiger partial charge is 0.290 e.